The van der Waals surface area contributed by atoms with E-state index in [0.29, 0.717) is 25.1 Å². The highest BCUT2D eigenvalue weighted by molar-refractivity contribution is 6.39. The monoisotopic (exact) mass is 271 g/mol. The van der Waals surface area contributed by atoms with Gasteiger partial charge in [0.2, 0.25) is 5.91 Å². The fourth-order valence-corrected chi connectivity index (χ4v) is 2.01. The van der Waals surface area contributed by atoms with Crippen LogP contribution in [0.5, 0.6) is 0 Å². The van der Waals surface area contributed by atoms with Gasteiger partial charge in [0.25, 0.3) is 5.91 Å². The number of hydrazone groups is 1. The van der Waals surface area contributed by atoms with Crippen molar-refractivity contribution >= 4 is 28.6 Å². The number of nitrogens with one attached hydrogen (secondary N) is 3. The lowest BCUT2D eigenvalue weighted by Crippen LogP contribution is -2.36. The number of aromatic nitrogens is 2. The van der Waals surface area contributed by atoms with Crippen LogP contribution in [0.2, 0.25) is 0 Å². The minimum Gasteiger partial charge on any atom is -0.347 e. The Morgan fingerprint density at radius 2 is 2.25 bits per heavy atom. The molecule has 0 unspecified atom stereocenters. The van der Waals surface area contributed by atoms with Crippen molar-refractivity contribution in [1.82, 2.24) is 20.7 Å². The number of hydrogen-bond donors (Lipinski definition) is 3. The third-order valence-electron chi connectivity index (χ3n) is 3.10. The molecule has 0 bridgehead atoms. The summed E-state index contributed by atoms with van der Waals surface area (Å²) in [7, 11) is 0. The molecular formula is C13H13N5O2. The highest BCUT2D eigenvalue weighted by Gasteiger charge is 2.17. The van der Waals surface area contributed by atoms with Crippen LogP contribution in [0.15, 0.2) is 29.6 Å². The van der Waals surface area contributed by atoms with Crippen LogP contribution >= 0.6 is 0 Å². The van der Waals surface area contributed by atoms with Crippen LogP contribution in [0.4, 0.5) is 0 Å². The zero-order chi connectivity index (χ0) is 13.9. The SMILES string of the molecule is O=C1CCC(C(=O)NCc2ccc3nc[nH]c3c2)=NN1. The summed E-state index contributed by atoms with van der Waals surface area (Å²) in [6, 6.07) is 5.74. The number of fused-ring (bicyclic) bond motifs is 1. The van der Waals surface area contributed by atoms with Gasteiger partial charge in [-0.3, -0.25) is 9.59 Å². The molecule has 1 aliphatic rings. The highest BCUT2D eigenvalue weighted by Crippen LogP contribution is 2.11. The number of hydrogen-bond acceptors (Lipinski definition) is 4. The van der Waals surface area contributed by atoms with Gasteiger partial charge in [0.1, 0.15) is 5.71 Å². The predicted octanol–water partition coefficient (Wildman–Crippen LogP) is 0.445. The molecule has 7 heteroatoms. The maximum absolute atomic E-state index is 11.9. The summed E-state index contributed by atoms with van der Waals surface area (Å²) in [4.78, 5) is 30.0. The number of amides is 2. The second kappa shape index (κ2) is 5.12. The summed E-state index contributed by atoms with van der Waals surface area (Å²) in [5.41, 5.74) is 5.45. The molecule has 0 fully saturated rings. The van der Waals surface area contributed by atoms with E-state index in [4.69, 9.17) is 0 Å². The Morgan fingerprint density at radius 3 is 3.05 bits per heavy atom. The van der Waals surface area contributed by atoms with Crippen LogP contribution in [0.1, 0.15) is 18.4 Å². The van der Waals surface area contributed by atoms with Gasteiger partial charge < -0.3 is 10.3 Å². The van der Waals surface area contributed by atoms with E-state index in [1.54, 1.807) is 6.33 Å². The van der Waals surface area contributed by atoms with Gasteiger partial charge >= 0.3 is 0 Å². The Labute approximate surface area is 114 Å². The van der Waals surface area contributed by atoms with Gasteiger partial charge in [-0.25, -0.2) is 10.4 Å². The minimum atomic E-state index is -0.255. The Balaban J connectivity index is 1.64. The van der Waals surface area contributed by atoms with E-state index >= 15 is 0 Å². The minimum absolute atomic E-state index is 0.161. The number of aromatic amines is 1. The van der Waals surface area contributed by atoms with E-state index in [1.165, 1.54) is 0 Å². The van der Waals surface area contributed by atoms with Gasteiger partial charge in [0.15, 0.2) is 0 Å². The van der Waals surface area contributed by atoms with Gasteiger partial charge in [-0.1, -0.05) is 6.07 Å². The number of rotatable bonds is 3. The molecule has 0 saturated carbocycles. The quantitative estimate of drug-likeness (QED) is 0.755. The smallest absolute Gasteiger partial charge is 0.267 e. The molecule has 2 amide bonds. The molecule has 2 heterocycles. The Kier molecular flexibility index (Phi) is 3.16. The van der Waals surface area contributed by atoms with Crippen LogP contribution in [0.3, 0.4) is 0 Å². The van der Waals surface area contributed by atoms with Gasteiger partial charge in [0.05, 0.1) is 17.4 Å². The average molecular weight is 271 g/mol. The first-order chi connectivity index (χ1) is 9.72. The van der Waals surface area contributed by atoms with Crippen molar-refractivity contribution in [3.05, 3.63) is 30.1 Å². The number of H-pyrrole nitrogens is 1. The Bertz CT molecular complexity index is 704. The van der Waals surface area contributed by atoms with Crippen molar-refractivity contribution in [3.8, 4) is 0 Å². The first-order valence-electron chi connectivity index (χ1n) is 6.28. The molecular weight excluding hydrogens is 258 g/mol. The average Bonchev–Trinajstić information content (AvgIpc) is 2.93. The first kappa shape index (κ1) is 12.3. The Hall–Kier alpha value is -2.70. The van der Waals surface area contributed by atoms with Crippen molar-refractivity contribution in [2.45, 2.75) is 19.4 Å². The van der Waals surface area contributed by atoms with Crippen molar-refractivity contribution in [3.63, 3.8) is 0 Å². The molecule has 0 atom stereocenters. The summed E-state index contributed by atoms with van der Waals surface area (Å²) in [5.74, 6) is -0.416. The van der Waals surface area contributed by atoms with Crippen LogP contribution in [0, 0.1) is 0 Å². The summed E-state index contributed by atoms with van der Waals surface area (Å²) in [6.07, 6.45) is 2.30. The molecule has 7 nitrogen and oxygen atoms in total. The number of carbonyl (C=O) groups is 2. The maximum Gasteiger partial charge on any atom is 0.267 e. The third-order valence-corrected chi connectivity index (χ3v) is 3.10. The topological polar surface area (TPSA) is 99.2 Å². The number of benzene rings is 1. The van der Waals surface area contributed by atoms with Gasteiger partial charge in [-0.2, -0.15) is 5.10 Å². The second-order valence-electron chi connectivity index (χ2n) is 4.53. The summed E-state index contributed by atoms with van der Waals surface area (Å²) in [6.45, 7) is 0.404. The van der Waals surface area contributed by atoms with Crippen LogP contribution < -0.4 is 10.7 Å². The van der Waals surface area contributed by atoms with E-state index in [2.05, 4.69) is 25.8 Å². The largest absolute Gasteiger partial charge is 0.347 e. The Morgan fingerprint density at radius 1 is 1.35 bits per heavy atom. The molecule has 0 aliphatic carbocycles. The third kappa shape index (κ3) is 2.51. The first-order valence-corrected chi connectivity index (χ1v) is 6.28. The molecule has 3 N–H and O–H groups in total. The molecule has 0 saturated heterocycles. The summed E-state index contributed by atoms with van der Waals surface area (Å²) in [5, 5.41) is 6.54. The number of nitrogens with zero attached hydrogens (tertiary/aromatic N) is 2. The van der Waals surface area contributed by atoms with E-state index in [9.17, 15) is 9.59 Å². The molecule has 1 aromatic heterocycles. The number of imidazole rings is 1. The lowest BCUT2D eigenvalue weighted by molar-refractivity contribution is -0.121. The van der Waals surface area contributed by atoms with Crippen molar-refractivity contribution < 1.29 is 9.59 Å². The fourth-order valence-electron chi connectivity index (χ4n) is 2.01. The molecule has 20 heavy (non-hydrogen) atoms. The second-order valence-corrected chi connectivity index (χ2v) is 4.53. The van der Waals surface area contributed by atoms with Crippen molar-refractivity contribution in [2.75, 3.05) is 0 Å². The van der Waals surface area contributed by atoms with E-state index < -0.39 is 0 Å². The van der Waals surface area contributed by atoms with Gasteiger partial charge in [-0.05, 0) is 17.7 Å². The van der Waals surface area contributed by atoms with Crippen LogP contribution in [-0.4, -0.2) is 27.5 Å². The van der Waals surface area contributed by atoms with E-state index in [0.717, 1.165) is 16.6 Å². The van der Waals surface area contributed by atoms with Crippen molar-refractivity contribution in [1.29, 1.82) is 0 Å². The van der Waals surface area contributed by atoms with E-state index in [-0.39, 0.29) is 11.8 Å². The molecule has 0 radical (unpaired) electrons. The van der Waals surface area contributed by atoms with Crippen molar-refractivity contribution in [2.24, 2.45) is 5.10 Å². The molecule has 0 spiro atoms. The van der Waals surface area contributed by atoms with Crippen LogP contribution in [-0.2, 0) is 16.1 Å². The van der Waals surface area contributed by atoms with E-state index in [1.807, 2.05) is 18.2 Å². The fraction of sp³-hybridized carbons (Fsp3) is 0.231. The maximum atomic E-state index is 11.9. The predicted molar refractivity (Wildman–Crippen MR) is 72.8 cm³/mol. The zero-order valence-electron chi connectivity index (χ0n) is 10.6. The van der Waals surface area contributed by atoms with Gasteiger partial charge in [0, 0.05) is 19.4 Å². The standard InChI is InChI=1S/C13H13N5O2/c19-12-4-3-10(17-18-12)13(20)14-6-8-1-2-9-11(5-8)16-7-15-9/h1-2,5,7H,3-4,6H2,(H,14,20)(H,15,16)(H,18,19). The summed E-state index contributed by atoms with van der Waals surface area (Å²) < 4.78 is 0. The molecule has 2 aromatic rings. The highest BCUT2D eigenvalue weighted by atomic mass is 16.2. The molecule has 102 valence electrons. The summed E-state index contributed by atoms with van der Waals surface area (Å²) >= 11 is 0. The lowest BCUT2D eigenvalue weighted by Gasteiger charge is -2.11. The normalized spacial score (nSPS) is 14.8. The molecule has 1 aromatic carbocycles. The lowest BCUT2D eigenvalue weighted by atomic mass is 10.1. The molecule has 3 rings (SSSR count). The van der Waals surface area contributed by atoms with Gasteiger partial charge in [-0.15, -0.1) is 0 Å². The molecule has 1 aliphatic heterocycles. The number of carbonyl (C=O) groups excluding carboxylic acids is 2. The van der Waals surface area contributed by atoms with Crippen LogP contribution in [0.25, 0.3) is 11.0 Å². The zero-order valence-corrected chi connectivity index (χ0v) is 10.6.